The summed E-state index contributed by atoms with van der Waals surface area (Å²) >= 11 is 7.55. The minimum atomic E-state index is -0.255. The smallest absolute Gasteiger partial charge is 0.273 e. The normalized spacial score (nSPS) is 12.8. The fourth-order valence-corrected chi connectivity index (χ4v) is 4.34. The van der Waals surface area contributed by atoms with Crippen LogP contribution in [-0.2, 0) is 6.61 Å². The lowest BCUT2D eigenvalue weighted by Gasteiger charge is -2.29. The van der Waals surface area contributed by atoms with Crippen LogP contribution in [0.3, 0.4) is 0 Å². The molecule has 0 saturated heterocycles. The van der Waals surface area contributed by atoms with Crippen molar-refractivity contribution in [2.75, 3.05) is 38.6 Å². The summed E-state index contributed by atoms with van der Waals surface area (Å²) in [5, 5.41) is 11.2. The van der Waals surface area contributed by atoms with Crippen LogP contribution in [0.25, 0.3) is 0 Å². The predicted molar refractivity (Wildman–Crippen MR) is 120 cm³/mol. The van der Waals surface area contributed by atoms with Crippen LogP contribution in [0.1, 0.15) is 16.2 Å². The maximum absolute atomic E-state index is 13.5. The molecule has 4 rings (SSSR count). The first-order valence-corrected chi connectivity index (χ1v) is 11.0. The summed E-state index contributed by atoms with van der Waals surface area (Å²) in [4.78, 5) is 13.5. The van der Waals surface area contributed by atoms with Gasteiger partial charge in [0.1, 0.15) is 12.4 Å². The predicted octanol–water partition coefficient (Wildman–Crippen LogP) is 3.42. The van der Waals surface area contributed by atoms with Gasteiger partial charge in [0, 0.05) is 16.3 Å². The zero-order chi connectivity index (χ0) is 22.7. The zero-order valence-electron chi connectivity index (χ0n) is 17.7. The van der Waals surface area contributed by atoms with Crippen LogP contribution in [0.4, 0.5) is 0 Å². The topological polar surface area (TPSA) is 87.9 Å². The summed E-state index contributed by atoms with van der Waals surface area (Å²) in [7, 11) is 4.53. The lowest BCUT2D eigenvalue weighted by Crippen LogP contribution is -2.45. The molecule has 3 aromatic rings. The largest absolute Gasteiger partial charge is 0.493 e. The van der Waals surface area contributed by atoms with Crippen molar-refractivity contribution in [3.63, 3.8) is 0 Å². The van der Waals surface area contributed by atoms with E-state index in [0.29, 0.717) is 56.9 Å². The summed E-state index contributed by atoms with van der Waals surface area (Å²) in [6.45, 7) is 0.586. The molecule has 2 heterocycles. The lowest BCUT2D eigenvalue weighted by molar-refractivity contribution is 0.0952. The van der Waals surface area contributed by atoms with E-state index < -0.39 is 0 Å². The number of fused-ring (bicyclic) bond motifs is 1. The molecule has 0 atom stereocenters. The summed E-state index contributed by atoms with van der Waals surface area (Å²) in [6, 6.07) is 10.3. The van der Waals surface area contributed by atoms with E-state index >= 15 is 0 Å². The number of hydrogen-bond acceptors (Lipinski definition) is 8. The van der Waals surface area contributed by atoms with Gasteiger partial charge in [0.25, 0.3) is 5.91 Å². The van der Waals surface area contributed by atoms with Gasteiger partial charge in [-0.1, -0.05) is 29.4 Å². The summed E-state index contributed by atoms with van der Waals surface area (Å²) in [6.07, 6.45) is 0. The minimum absolute atomic E-state index is 0.118. The van der Waals surface area contributed by atoms with Crippen LogP contribution >= 0.6 is 23.4 Å². The van der Waals surface area contributed by atoms with Gasteiger partial charge in [-0.3, -0.25) is 4.79 Å². The number of aromatic nitrogens is 3. The second-order valence-corrected chi connectivity index (χ2v) is 8.15. The summed E-state index contributed by atoms with van der Waals surface area (Å²) < 4.78 is 23.6. The molecular weight excluding hydrogens is 456 g/mol. The molecule has 0 bridgehead atoms. The van der Waals surface area contributed by atoms with Crippen molar-refractivity contribution in [3.05, 3.63) is 52.8 Å². The third-order valence-electron chi connectivity index (χ3n) is 4.76. The van der Waals surface area contributed by atoms with Gasteiger partial charge in [0.05, 0.1) is 27.9 Å². The number of amides is 1. The van der Waals surface area contributed by atoms with Crippen LogP contribution in [0.2, 0.25) is 5.02 Å². The van der Waals surface area contributed by atoms with E-state index in [4.69, 9.17) is 30.5 Å². The van der Waals surface area contributed by atoms with Gasteiger partial charge in [-0.05, 0) is 30.3 Å². The standard InChI is InChI=1S/C21H21ClN4O5S/c1-28-16-9-13(10-17(29-2)19(16)30-3)20(27)25-7-8-32-21-24-23-18(26(21)25)12-31-15-6-4-5-14(22)11-15/h4-6,9-11H,7-8,12H2,1-3H3. The van der Waals surface area contributed by atoms with Gasteiger partial charge in [-0.15, -0.1) is 10.2 Å². The quantitative estimate of drug-likeness (QED) is 0.512. The maximum Gasteiger partial charge on any atom is 0.273 e. The third kappa shape index (κ3) is 4.28. The van der Waals surface area contributed by atoms with E-state index in [-0.39, 0.29) is 12.5 Å². The van der Waals surface area contributed by atoms with Gasteiger partial charge in [-0.2, -0.15) is 0 Å². The number of ether oxygens (including phenoxy) is 4. The molecule has 9 nitrogen and oxygen atoms in total. The number of thioether (sulfide) groups is 1. The fourth-order valence-electron chi connectivity index (χ4n) is 3.29. The lowest BCUT2D eigenvalue weighted by atomic mass is 10.1. The number of halogens is 1. The molecule has 1 aliphatic rings. The molecule has 1 amide bonds. The molecule has 2 aromatic carbocycles. The molecular formula is C21H21ClN4O5S. The number of carbonyl (C=O) groups excluding carboxylic acids is 1. The Hall–Kier alpha value is -3.11. The highest BCUT2D eigenvalue weighted by Crippen LogP contribution is 2.38. The first-order chi connectivity index (χ1) is 15.5. The van der Waals surface area contributed by atoms with Gasteiger partial charge >= 0.3 is 0 Å². The molecule has 1 aliphatic heterocycles. The maximum atomic E-state index is 13.5. The van der Waals surface area contributed by atoms with Gasteiger partial charge in [0.15, 0.2) is 17.3 Å². The van der Waals surface area contributed by atoms with Crippen LogP contribution in [0.5, 0.6) is 23.0 Å². The Labute approximate surface area is 194 Å². The van der Waals surface area contributed by atoms with Crippen molar-refractivity contribution in [1.82, 2.24) is 14.9 Å². The monoisotopic (exact) mass is 476 g/mol. The molecule has 0 fully saturated rings. The third-order valence-corrected chi connectivity index (χ3v) is 5.90. The Morgan fingerprint density at radius 1 is 1.09 bits per heavy atom. The molecule has 1 aromatic heterocycles. The van der Waals surface area contributed by atoms with Crippen molar-refractivity contribution in [3.8, 4) is 23.0 Å². The second kappa shape index (κ2) is 9.58. The Balaban J connectivity index is 1.64. The Kier molecular flexibility index (Phi) is 6.61. The summed E-state index contributed by atoms with van der Waals surface area (Å²) in [5.41, 5.74) is 0.382. The first kappa shape index (κ1) is 22.1. The van der Waals surface area contributed by atoms with Gasteiger partial charge in [-0.25, -0.2) is 9.69 Å². The van der Waals surface area contributed by atoms with Crippen molar-refractivity contribution in [2.45, 2.75) is 11.8 Å². The SMILES string of the molecule is COc1cc(C(=O)N2CCSc3nnc(COc4cccc(Cl)c4)n32)cc(OC)c1OC. The van der Waals surface area contributed by atoms with Crippen molar-refractivity contribution < 1.29 is 23.7 Å². The van der Waals surface area contributed by atoms with Crippen molar-refractivity contribution >= 4 is 29.3 Å². The number of benzene rings is 2. The van der Waals surface area contributed by atoms with E-state index in [2.05, 4.69) is 10.2 Å². The molecule has 0 saturated carbocycles. The average molecular weight is 477 g/mol. The molecule has 0 N–H and O–H groups in total. The van der Waals surface area contributed by atoms with Gasteiger partial charge in [0.2, 0.25) is 10.9 Å². The number of hydrogen-bond donors (Lipinski definition) is 0. The Morgan fingerprint density at radius 3 is 2.50 bits per heavy atom. The van der Waals surface area contributed by atoms with Crippen molar-refractivity contribution in [1.29, 1.82) is 0 Å². The van der Waals surface area contributed by atoms with E-state index in [0.717, 1.165) is 0 Å². The number of methoxy groups -OCH3 is 3. The second-order valence-electron chi connectivity index (χ2n) is 6.65. The van der Waals surface area contributed by atoms with E-state index in [1.807, 2.05) is 0 Å². The summed E-state index contributed by atoms with van der Waals surface area (Å²) in [5.74, 6) is 2.73. The van der Waals surface area contributed by atoms with Crippen LogP contribution in [0.15, 0.2) is 41.6 Å². The molecule has 168 valence electrons. The molecule has 11 heteroatoms. The number of nitrogens with zero attached hydrogens (tertiary/aromatic N) is 4. The van der Waals surface area contributed by atoms with Crippen LogP contribution in [-0.4, -0.2) is 54.4 Å². The Bertz CT molecular complexity index is 1110. The fraction of sp³-hybridized carbons (Fsp3) is 0.286. The zero-order valence-corrected chi connectivity index (χ0v) is 19.3. The van der Waals surface area contributed by atoms with Gasteiger partial charge < -0.3 is 18.9 Å². The number of carbonyl (C=O) groups is 1. The highest BCUT2D eigenvalue weighted by atomic mass is 35.5. The average Bonchev–Trinajstić information content (AvgIpc) is 3.24. The van der Waals surface area contributed by atoms with Crippen molar-refractivity contribution in [2.24, 2.45) is 0 Å². The molecule has 0 radical (unpaired) electrons. The molecule has 0 spiro atoms. The van der Waals surface area contributed by atoms with E-state index in [9.17, 15) is 4.79 Å². The number of rotatable bonds is 7. The Morgan fingerprint density at radius 2 is 1.84 bits per heavy atom. The van der Waals surface area contributed by atoms with Crippen LogP contribution in [0, 0.1) is 0 Å². The molecule has 32 heavy (non-hydrogen) atoms. The van der Waals surface area contributed by atoms with E-state index in [1.165, 1.54) is 33.1 Å². The van der Waals surface area contributed by atoms with E-state index in [1.54, 1.807) is 46.1 Å². The molecule has 0 unspecified atom stereocenters. The first-order valence-electron chi connectivity index (χ1n) is 9.63. The minimum Gasteiger partial charge on any atom is -0.493 e. The highest BCUT2D eigenvalue weighted by Gasteiger charge is 2.30. The molecule has 0 aliphatic carbocycles. The highest BCUT2D eigenvalue weighted by molar-refractivity contribution is 7.99. The van der Waals surface area contributed by atoms with Crippen LogP contribution < -0.4 is 24.0 Å².